The quantitative estimate of drug-likeness (QED) is 0.844. The molecule has 22 heavy (non-hydrogen) atoms. The average Bonchev–Trinajstić information content (AvgIpc) is 2.49. The summed E-state index contributed by atoms with van der Waals surface area (Å²) in [5.74, 6) is 0.788. The van der Waals surface area contributed by atoms with Crippen molar-refractivity contribution in [2.24, 2.45) is 0 Å². The van der Waals surface area contributed by atoms with Crippen LogP contribution in [0.25, 0.3) is 0 Å². The Kier molecular flexibility index (Phi) is 5.69. The molecule has 0 fully saturated rings. The highest BCUT2D eigenvalue weighted by Crippen LogP contribution is 2.25. The van der Waals surface area contributed by atoms with E-state index in [4.69, 9.17) is 27.9 Å². The Labute approximate surface area is 140 Å². The van der Waals surface area contributed by atoms with Crippen LogP contribution in [-0.4, -0.2) is 13.0 Å². The number of carbonyl (C=O) groups excluding carboxylic acids is 1. The summed E-state index contributed by atoms with van der Waals surface area (Å²) in [6.07, 6.45) is 1.06. The van der Waals surface area contributed by atoms with E-state index < -0.39 is 0 Å². The summed E-state index contributed by atoms with van der Waals surface area (Å²) in [6.45, 7) is 1.98. The summed E-state index contributed by atoms with van der Waals surface area (Å²) in [5, 5.41) is 3.70. The predicted octanol–water partition coefficient (Wildman–Crippen LogP) is 4.88. The van der Waals surface area contributed by atoms with Crippen molar-refractivity contribution in [1.82, 2.24) is 0 Å². The minimum absolute atomic E-state index is 0.0631. The lowest BCUT2D eigenvalue weighted by Gasteiger charge is -2.08. The largest absolute Gasteiger partial charge is 0.496 e. The Balaban J connectivity index is 1.92. The molecule has 0 radical (unpaired) electrons. The van der Waals surface area contributed by atoms with Gasteiger partial charge in [-0.3, -0.25) is 4.79 Å². The van der Waals surface area contributed by atoms with Crippen LogP contribution in [0, 0.1) is 6.92 Å². The number of halogens is 2. The van der Waals surface area contributed by atoms with E-state index in [0.29, 0.717) is 28.6 Å². The third-order valence-electron chi connectivity index (χ3n) is 3.30. The number of carbonyl (C=O) groups is 1. The summed E-state index contributed by atoms with van der Waals surface area (Å²) in [6, 6.07) is 10.9. The molecule has 0 aliphatic rings. The molecule has 0 heterocycles. The number of hydrogen-bond donors (Lipinski definition) is 1. The van der Waals surface area contributed by atoms with Gasteiger partial charge in [0.05, 0.1) is 17.2 Å². The van der Waals surface area contributed by atoms with Gasteiger partial charge in [0.25, 0.3) is 0 Å². The molecular weight excluding hydrogens is 321 g/mol. The van der Waals surface area contributed by atoms with Crippen molar-refractivity contribution in [3.63, 3.8) is 0 Å². The van der Waals surface area contributed by atoms with Gasteiger partial charge in [0, 0.05) is 12.1 Å². The first kappa shape index (κ1) is 16.7. The molecule has 0 spiro atoms. The lowest BCUT2D eigenvalue weighted by atomic mass is 10.1. The third kappa shape index (κ3) is 4.39. The maximum atomic E-state index is 12.0. The molecule has 3 nitrogen and oxygen atoms in total. The Bertz CT molecular complexity index is 686. The number of rotatable bonds is 5. The van der Waals surface area contributed by atoms with E-state index in [9.17, 15) is 4.79 Å². The third-order valence-corrected chi connectivity index (χ3v) is 4.04. The molecule has 1 amide bonds. The van der Waals surface area contributed by atoms with Crippen LogP contribution in [0.1, 0.15) is 17.5 Å². The molecule has 0 atom stereocenters. The van der Waals surface area contributed by atoms with Crippen molar-refractivity contribution in [2.45, 2.75) is 19.8 Å². The van der Waals surface area contributed by atoms with Crippen LogP contribution >= 0.6 is 23.2 Å². The zero-order valence-electron chi connectivity index (χ0n) is 12.5. The number of methoxy groups -OCH3 is 1. The number of aryl methyl sites for hydroxylation is 2. The van der Waals surface area contributed by atoms with Gasteiger partial charge in [0.15, 0.2) is 0 Å². The van der Waals surface area contributed by atoms with E-state index >= 15 is 0 Å². The Morgan fingerprint density at radius 1 is 1.14 bits per heavy atom. The van der Waals surface area contributed by atoms with Crippen LogP contribution in [0.3, 0.4) is 0 Å². The lowest BCUT2D eigenvalue weighted by Crippen LogP contribution is -2.12. The fourth-order valence-corrected chi connectivity index (χ4v) is 2.45. The summed E-state index contributed by atoms with van der Waals surface area (Å²) in [5.41, 5.74) is 2.80. The fraction of sp³-hybridized carbons (Fsp3) is 0.235. The standard InChI is InChI=1S/C17H17Cl2NO2/c1-11-9-12(3-7-16(11)22-2)4-8-17(21)20-13-5-6-14(18)15(19)10-13/h3,5-7,9-10H,4,8H2,1-2H3,(H,20,21). The number of anilines is 1. The van der Waals surface area contributed by atoms with Crippen LogP contribution in [0.5, 0.6) is 5.75 Å². The van der Waals surface area contributed by atoms with Crippen molar-refractivity contribution in [2.75, 3.05) is 12.4 Å². The van der Waals surface area contributed by atoms with E-state index in [2.05, 4.69) is 5.32 Å². The minimum atomic E-state index is -0.0631. The number of benzene rings is 2. The van der Waals surface area contributed by atoms with Gasteiger partial charge in [-0.1, -0.05) is 35.3 Å². The topological polar surface area (TPSA) is 38.3 Å². The molecule has 5 heteroatoms. The molecule has 2 aromatic rings. The van der Waals surface area contributed by atoms with Crippen LogP contribution < -0.4 is 10.1 Å². The van der Waals surface area contributed by atoms with Gasteiger partial charge in [0.1, 0.15) is 5.75 Å². The van der Waals surface area contributed by atoms with Crippen LogP contribution in [0.4, 0.5) is 5.69 Å². The molecule has 0 aromatic heterocycles. The summed E-state index contributed by atoms with van der Waals surface area (Å²) in [4.78, 5) is 12.0. The van der Waals surface area contributed by atoms with Crippen molar-refractivity contribution < 1.29 is 9.53 Å². The van der Waals surface area contributed by atoms with Gasteiger partial charge >= 0.3 is 0 Å². The van der Waals surface area contributed by atoms with Crippen molar-refractivity contribution in [3.05, 3.63) is 57.6 Å². The molecule has 1 N–H and O–H groups in total. The summed E-state index contributed by atoms with van der Waals surface area (Å²) >= 11 is 11.8. The maximum Gasteiger partial charge on any atom is 0.224 e. The van der Waals surface area contributed by atoms with Crippen LogP contribution in [0.15, 0.2) is 36.4 Å². The van der Waals surface area contributed by atoms with Gasteiger partial charge in [-0.05, 0) is 48.7 Å². The first-order chi connectivity index (χ1) is 10.5. The summed E-state index contributed by atoms with van der Waals surface area (Å²) in [7, 11) is 1.65. The molecule has 2 aromatic carbocycles. The van der Waals surface area contributed by atoms with Gasteiger partial charge in [-0.15, -0.1) is 0 Å². The monoisotopic (exact) mass is 337 g/mol. The molecule has 0 unspecified atom stereocenters. The molecule has 0 aliphatic carbocycles. The predicted molar refractivity (Wildman–Crippen MR) is 91.1 cm³/mol. The zero-order valence-corrected chi connectivity index (χ0v) is 14.0. The van der Waals surface area contributed by atoms with E-state index in [1.165, 1.54) is 0 Å². The van der Waals surface area contributed by atoms with Crippen LogP contribution in [-0.2, 0) is 11.2 Å². The van der Waals surface area contributed by atoms with E-state index in [0.717, 1.165) is 16.9 Å². The lowest BCUT2D eigenvalue weighted by molar-refractivity contribution is -0.116. The molecule has 2 rings (SSSR count). The molecule has 0 saturated carbocycles. The Morgan fingerprint density at radius 2 is 1.91 bits per heavy atom. The summed E-state index contributed by atoms with van der Waals surface area (Å²) < 4.78 is 5.22. The van der Waals surface area contributed by atoms with Gasteiger partial charge in [-0.25, -0.2) is 0 Å². The average molecular weight is 338 g/mol. The number of amides is 1. The van der Waals surface area contributed by atoms with E-state index in [1.807, 2.05) is 25.1 Å². The van der Waals surface area contributed by atoms with Crippen molar-refractivity contribution >= 4 is 34.8 Å². The molecule has 116 valence electrons. The first-order valence-corrected chi connectivity index (χ1v) is 7.63. The first-order valence-electron chi connectivity index (χ1n) is 6.88. The number of hydrogen-bond acceptors (Lipinski definition) is 2. The molecule has 0 bridgehead atoms. The second-order valence-corrected chi connectivity index (χ2v) is 5.80. The second kappa shape index (κ2) is 7.52. The van der Waals surface area contributed by atoms with Gasteiger partial charge < -0.3 is 10.1 Å². The number of nitrogens with one attached hydrogen (secondary N) is 1. The Hall–Kier alpha value is -1.71. The minimum Gasteiger partial charge on any atom is -0.496 e. The highest BCUT2D eigenvalue weighted by atomic mass is 35.5. The van der Waals surface area contributed by atoms with E-state index in [-0.39, 0.29) is 5.91 Å². The number of ether oxygens (including phenoxy) is 1. The van der Waals surface area contributed by atoms with E-state index in [1.54, 1.807) is 25.3 Å². The van der Waals surface area contributed by atoms with Crippen molar-refractivity contribution in [3.8, 4) is 5.75 Å². The highest BCUT2D eigenvalue weighted by Gasteiger charge is 2.06. The smallest absolute Gasteiger partial charge is 0.224 e. The SMILES string of the molecule is COc1ccc(CCC(=O)Nc2ccc(Cl)c(Cl)c2)cc1C. The van der Waals surface area contributed by atoms with Crippen LogP contribution in [0.2, 0.25) is 10.0 Å². The highest BCUT2D eigenvalue weighted by molar-refractivity contribution is 6.42. The van der Waals surface area contributed by atoms with Crippen molar-refractivity contribution in [1.29, 1.82) is 0 Å². The zero-order chi connectivity index (χ0) is 16.1. The Morgan fingerprint density at radius 3 is 2.55 bits per heavy atom. The maximum absolute atomic E-state index is 12.0. The fourth-order valence-electron chi connectivity index (χ4n) is 2.15. The molecule has 0 saturated heterocycles. The molecule has 0 aliphatic heterocycles. The molecular formula is C17H17Cl2NO2. The normalized spacial score (nSPS) is 10.4. The van der Waals surface area contributed by atoms with Gasteiger partial charge in [0.2, 0.25) is 5.91 Å². The second-order valence-electron chi connectivity index (χ2n) is 4.98. The van der Waals surface area contributed by atoms with Gasteiger partial charge in [-0.2, -0.15) is 0 Å².